The first kappa shape index (κ1) is 25.7. The van der Waals surface area contributed by atoms with Crippen molar-refractivity contribution < 1.29 is 21.6 Å². The zero-order valence-electron chi connectivity index (χ0n) is 18.8. The van der Waals surface area contributed by atoms with E-state index in [-0.39, 0.29) is 33.1 Å². The molecule has 1 aliphatic rings. The number of halogens is 2. The number of benzene rings is 3. The molecule has 3 aromatic carbocycles. The van der Waals surface area contributed by atoms with E-state index < -0.39 is 19.7 Å². The Balaban J connectivity index is 1.47. The van der Waals surface area contributed by atoms with Gasteiger partial charge in [-0.25, -0.2) is 16.8 Å². The summed E-state index contributed by atoms with van der Waals surface area (Å²) in [7, 11) is -6.58. The topological polar surface area (TPSA) is 97.4 Å². The molecule has 184 valence electrons. The lowest BCUT2D eigenvalue weighted by Crippen LogP contribution is -2.14. The molecule has 0 aliphatic heterocycles. The van der Waals surface area contributed by atoms with Gasteiger partial charge in [-0.2, -0.15) is 0 Å². The number of anilines is 1. The molecule has 0 bridgehead atoms. The predicted molar refractivity (Wildman–Crippen MR) is 139 cm³/mol. The SMILES string of the molecule is CCS(=O)(=O)c1ccc(CC(=O)Nc2cc(Cl)c(-c3ccc(S(=O)(=O)C4CC4)cc3)c(Cl)c2)cc1. The second-order valence-corrected chi connectivity index (χ2v) is 13.7. The fraction of sp³-hybridized carbons (Fsp3) is 0.240. The van der Waals surface area contributed by atoms with Crippen LogP contribution in [0.2, 0.25) is 10.0 Å². The number of sulfone groups is 2. The second-order valence-electron chi connectivity index (χ2n) is 8.36. The molecule has 0 saturated heterocycles. The van der Waals surface area contributed by atoms with Crippen LogP contribution in [0.5, 0.6) is 0 Å². The van der Waals surface area contributed by atoms with Gasteiger partial charge in [0.2, 0.25) is 5.91 Å². The van der Waals surface area contributed by atoms with Gasteiger partial charge >= 0.3 is 0 Å². The van der Waals surface area contributed by atoms with Crippen LogP contribution < -0.4 is 5.32 Å². The highest BCUT2D eigenvalue weighted by atomic mass is 35.5. The zero-order chi connectivity index (χ0) is 25.4. The summed E-state index contributed by atoms with van der Waals surface area (Å²) in [4.78, 5) is 13.0. The number of amides is 1. The number of hydrogen-bond donors (Lipinski definition) is 1. The molecule has 0 unspecified atom stereocenters. The van der Waals surface area contributed by atoms with Crippen molar-refractivity contribution in [2.45, 2.75) is 41.2 Å². The van der Waals surface area contributed by atoms with Crippen molar-refractivity contribution in [1.82, 2.24) is 0 Å². The highest BCUT2D eigenvalue weighted by molar-refractivity contribution is 7.92. The number of carbonyl (C=O) groups excluding carboxylic acids is 1. The zero-order valence-corrected chi connectivity index (χ0v) is 21.9. The standard InChI is InChI=1S/C25H23Cl2NO5S2/c1-2-34(30,31)19-7-3-16(4-8-19)13-24(29)28-18-14-22(26)25(23(27)15-18)17-5-9-20(10-6-17)35(32,33)21-11-12-21/h3-10,14-15,21H,2,11-13H2,1H3,(H,28,29). The van der Waals surface area contributed by atoms with E-state index in [4.69, 9.17) is 23.2 Å². The van der Waals surface area contributed by atoms with Crippen LogP contribution in [0.25, 0.3) is 11.1 Å². The average molecular weight is 553 g/mol. The predicted octanol–water partition coefficient (Wildman–Crippen LogP) is 5.57. The first-order valence-corrected chi connectivity index (χ1v) is 14.9. The normalized spacial score (nSPS) is 14.0. The Labute approximate surface area is 215 Å². The van der Waals surface area contributed by atoms with Crippen molar-refractivity contribution in [3.05, 3.63) is 76.3 Å². The van der Waals surface area contributed by atoms with E-state index in [0.717, 1.165) is 0 Å². The van der Waals surface area contributed by atoms with Gasteiger partial charge in [0.1, 0.15) is 0 Å². The highest BCUT2D eigenvalue weighted by Crippen LogP contribution is 2.39. The van der Waals surface area contributed by atoms with Crippen molar-refractivity contribution in [3.8, 4) is 11.1 Å². The molecule has 35 heavy (non-hydrogen) atoms. The third-order valence-electron chi connectivity index (χ3n) is 5.79. The average Bonchev–Trinajstić information content (AvgIpc) is 3.65. The number of nitrogens with one attached hydrogen (secondary N) is 1. The molecule has 0 spiro atoms. The summed E-state index contributed by atoms with van der Waals surface area (Å²) in [6.07, 6.45) is 1.43. The molecule has 10 heteroatoms. The summed E-state index contributed by atoms with van der Waals surface area (Å²) >= 11 is 12.9. The van der Waals surface area contributed by atoms with Crippen LogP contribution in [-0.4, -0.2) is 33.7 Å². The van der Waals surface area contributed by atoms with Gasteiger partial charge in [0.25, 0.3) is 0 Å². The van der Waals surface area contributed by atoms with Gasteiger partial charge in [-0.15, -0.1) is 0 Å². The maximum atomic E-state index is 12.5. The first-order chi connectivity index (χ1) is 16.5. The molecule has 1 amide bonds. The number of rotatable bonds is 8. The maximum absolute atomic E-state index is 12.5. The maximum Gasteiger partial charge on any atom is 0.228 e. The fourth-order valence-electron chi connectivity index (χ4n) is 3.68. The molecule has 0 heterocycles. The van der Waals surface area contributed by atoms with Gasteiger partial charge in [0.05, 0.1) is 37.3 Å². The third kappa shape index (κ3) is 5.72. The van der Waals surface area contributed by atoms with Gasteiger partial charge in [0, 0.05) is 11.3 Å². The van der Waals surface area contributed by atoms with Crippen molar-refractivity contribution in [3.63, 3.8) is 0 Å². The number of carbonyl (C=O) groups is 1. The summed E-state index contributed by atoms with van der Waals surface area (Å²) < 4.78 is 48.7. The molecular formula is C25H23Cl2NO5S2. The second kappa shape index (κ2) is 9.93. The van der Waals surface area contributed by atoms with Gasteiger partial charge in [0.15, 0.2) is 19.7 Å². The Hall–Kier alpha value is -2.39. The minimum atomic E-state index is -3.30. The first-order valence-electron chi connectivity index (χ1n) is 11.0. The quantitative estimate of drug-likeness (QED) is 0.394. The minimum absolute atomic E-state index is 0.00799. The molecule has 0 aromatic heterocycles. The van der Waals surface area contributed by atoms with Crippen LogP contribution in [-0.2, 0) is 30.9 Å². The lowest BCUT2D eigenvalue weighted by atomic mass is 10.0. The van der Waals surface area contributed by atoms with Crippen LogP contribution in [0.4, 0.5) is 5.69 Å². The smallest absolute Gasteiger partial charge is 0.228 e. The van der Waals surface area contributed by atoms with Crippen molar-refractivity contribution >= 4 is 54.5 Å². The molecule has 6 nitrogen and oxygen atoms in total. The van der Waals surface area contributed by atoms with E-state index in [0.29, 0.717) is 45.3 Å². The van der Waals surface area contributed by atoms with Gasteiger partial charge in [-0.3, -0.25) is 4.79 Å². The van der Waals surface area contributed by atoms with E-state index in [1.807, 2.05) is 0 Å². The third-order valence-corrected chi connectivity index (χ3v) is 10.4. The monoisotopic (exact) mass is 551 g/mol. The summed E-state index contributed by atoms with van der Waals surface area (Å²) in [5, 5.41) is 3.07. The highest BCUT2D eigenvalue weighted by Gasteiger charge is 2.36. The van der Waals surface area contributed by atoms with E-state index in [1.54, 1.807) is 55.5 Å². The Morgan fingerprint density at radius 2 is 1.43 bits per heavy atom. The Morgan fingerprint density at radius 1 is 0.886 bits per heavy atom. The largest absolute Gasteiger partial charge is 0.326 e. The van der Waals surface area contributed by atoms with E-state index in [9.17, 15) is 21.6 Å². The summed E-state index contributed by atoms with van der Waals surface area (Å²) in [6.45, 7) is 1.58. The molecule has 1 aliphatic carbocycles. The molecule has 3 aromatic rings. The van der Waals surface area contributed by atoms with Crippen molar-refractivity contribution in [1.29, 1.82) is 0 Å². The van der Waals surface area contributed by atoms with Crippen LogP contribution in [0.1, 0.15) is 25.3 Å². The van der Waals surface area contributed by atoms with Gasteiger partial charge in [-0.1, -0.05) is 54.4 Å². The molecule has 0 atom stereocenters. The van der Waals surface area contributed by atoms with Crippen LogP contribution in [0, 0.1) is 0 Å². The van der Waals surface area contributed by atoms with E-state index >= 15 is 0 Å². The van der Waals surface area contributed by atoms with Gasteiger partial charge < -0.3 is 5.32 Å². The molecule has 4 rings (SSSR count). The Kier molecular flexibility index (Phi) is 7.29. The van der Waals surface area contributed by atoms with E-state index in [2.05, 4.69) is 5.32 Å². The fourth-order valence-corrected chi connectivity index (χ4v) is 6.92. The van der Waals surface area contributed by atoms with Gasteiger partial charge in [-0.05, 0) is 60.4 Å². The molecular weight excluding hydrogens is 529 g/mol. The molecule has 0 radical (unpaired) electrons. The molecule has 1 fully saturated rings. The Morgan fingerprint density at radius 3 is 1.94 bits per heavy atom. The summed E-state index contributed by atoms with van der Waals surface area (Å²) in [6, 6.07) is 15.8. The minimum Gasteiger partial charge on any atom is -0.326 e. The van der Waals surface area contributed by atoms with Crippen molar-refractivity contribution in [2.75, 3.05) is 11.1 Å². The van der Waals surface area contributed by atoms with Crippen LogP contribution in [0.3, 0.4) is 0 Å². The summed E-state index contributed by atoms with van der Waals surface area (Å²) in [5.74, 6) is -0.306. The lowest BCUT2D eigenvalue weighted by Gasteiger charge is -2.12. The summed E-state index contributed by atoms with van der Waals surface area (Å²) in [5.41, 5.74) is 2.27. The lowest BCUT2D eigenvalue weighted by molar-refractivity contribution is -0.115. The number of hydrogen-bond acceptors (Lipinski definition) is 5. The van der Waals surface area contributed by atoms with Crippen LogP contribution >= 0.6 is 23.2 Å². The van der Waals surface area contributed by atoms with Crippen LogP contribution in [0.15, 0.2) is 70.5 Å². The Bertz CT molecular complexity index is 1460. The van der Waals surface area contributed by atoms with Crippen molar-refractivity contribution in [2.24, 2.45) is 0 Å². The van der Waals surface area contributed by atoms with E-state index in [1.165, 1.54) is 12.1 Å². The molecule has 1 saturated carbocycles. The molecule has 1 N–H and O–H groups in total.